The van der Waals surface area contributed by atoms with Crippen molar-refractivity contribution in [3.05, 3.63) is 40.4 Å². The van der Waals surface area contributed by atoms with E-state index in [1.54, 1.807) is 17.4 Å². The number of hydrogen-bond donors (Lipinski definition) is 2. The summed E-state index contributed by atoms with van der Waals surface area (Å²) in [5.41, 5.74) is 1.13. The van der Waals surface area contributed by atoms with Crippen molar-refractivity contribution < 1.29 is 0 Å². The van der Waals surface area contributed by atoms with Crippen LogP contribution >= 0.6 is 35.3 Å². The maximum absolute atomic E-state index is 4.62. The van der Waals surface area contributed by atoms with Crippen LogP contribution in [-0.4, -0.2) is 32.3 Å². The SMILES string of the molecule is C=CCNC(=NCc1nnc(C)n1C)NCc1nc(C(C)C)cs1.I. The van der Waals surface area contributed by atoms with Crippen molar-refractivity contribution in [3.63, 3.8) is 0 Å². The molecule has 0 amide bonds. The maximum Gasteiger partial charge on any atom is 0.192 e. The van der Waals surface area contributed by atoms with Gasteiger partial charge in [-0.25, -0.2) is 9.98 Å². The number of thiazole rings is 1. The summed E-state index contributed by atoms with van der Waals surface area (Å²) in [5.74, 6) is 2.85. The van der Waals surface area contributed by atoms with Crippen molar-refractivity contribution in [2.75, 3.05) is 6.54 Å². The molecule has 0 spiro atoms. The van der Waals surface area contributed by atoms with Crippen molar-refractivity contribution in [2.24, 2.45) is 12.0 Å². The Balaban J connectivity index is 0.00000312. The van der Waals surface area contributed by atoms with Crippen LogP contribution in [0.1, 0.15) is 42.1 Å². The van der Waals surface area contributed by atoms with Crippen LogP contribution in [0.4, 0.5) is 0 Å². The Kier molecular flexibility index (Phi) is 9.04. The number of aliphatic imine (C=N–C) groups is 1. The van der Waals surface area contributed by atoms with Crippen LogP contribution in [0, 0.1) is 6.92 Å². The van der Waals surface area contributed by atoms with Crippen LogP contribution in [0.3, 0.4) is 0 Å². The van der Waals surface area contributed by atoms with E-state index in [1.165, 1.54) is 0 Å². The quantitative estimate of drug-likeness (QED) is 0.279. The monoisotopic (exact) mass is 475 g/mol. The largest absolute Gasteiger partial charge is 0.353 e. The number of halogens is 1. The second kappa shape index (κ2) is 10.5. The zero-order chi connectivity index (χ0) is 17.5. The number of aromatic nitrogens is 4. The number of nitrogens with zero attached hydrogens (tertiary/aromatic N) is 5. The summed E-state index contributed by atoms with van der Waals surface area (Å²) >= 11 is 1.66. The summed E-state index contributed by atoms with van der Waals surface area (Å²) in [6.45, 7) is 11.7. The second-order valence-electron chi connectivity index (χ2n) is 5.73. The molecule has 2 aromatic rings. The lowest BCUT2D eigenvalue weighted by Crippen LogP contribution is -2.37. The van der Waals surface area contributed by atoms with E-state index in [4.69, 9.17) is 0 Å². The minimum Gasteiger partial charge on any atom is -0.353 e. The van der Waals surface area contributed by atoms with Gasteiger partial charge in [0.2, 0.25) is 0 Å². The highest BCUT2D eigenvalue weighted by molar-refractivity contribution is 14.0. The summed E-state index contributed by atoms with van der Waals surface area (Å²) in [7, 11) is 1.94. The molecule has 2 heterocycles. The van der Waals surface area contributed by atoms with E-state index in [0.29, 0.717) is 31.5 Å². The third-order valence-corrected chi connectivity index (χ3v) is 4.41. The Morgan fingerprint density at radius 2 is 2.16 bits per heavy atom. The molecule has 2 rings (SSSR count). The Morgan fingerprint density at radius 3 is 2.72 bits per heavy atom. The third-order valence-electron chi connectivity index (χ3n) is 3.54. The first-order valence-corrected chi connectivity index (χ1v) is 8.81. The highest BCUT2D eigenvalue weighted by Gasteiger charge is 2.07. The van der Waals surface area contributed by atoms with Gasteiger partial charge in [-0.05, 0) is 12.8 Å². The number of nitrogens with one attached hydrogen (secondary N) is 2. The van der Waals surface area contributed by atoms with Crippen molar-refractivity contribution in [1.29, 1.82) is 0 Å². The molecule has 7 nitrogen and oxygen atoms in total. The van der Waals surface area contributed by atoms with Gasteiger partial charge in [-0.15, -0.1) is 52.1 Å². The van der Waals surface area contributed by atoms with E-state index in [1.807, 2.05) is 18.5 Å². The van der Waals surface area contributed by atoms with Gasteiger partial charge in [-0.3, -0.25) is 0 Å². The molecule has 0 aliphatic rings. The lowest BCUT2D eigenvalue weighted by atomic mass is 10.2. The fourth-order valence-electron chi connectivity index (χ4n) is 1.91. The van der Waals surface area contributed by atoms with E-state index in [0.717, 1.165) is 22.4 Å². The minimum atomic E-state index is 0. The van der Waals surface area contributed by atoms with Crippen molar-refractivity contribution in [1.82, 2.24) is 30.4 Å². The van der Waals surface area contributed by atoms with Crippen molar-refractivity contribution in [3.8, 4) is 0 Å². The molecule has 0 saturated carbocycles. The lowest BCUT2D eigenvalue weighted by Gasteiger charge is -2.10. The highest BCUT2D eigenvalue weighted by Crippen LogP contribution is 2.17. The van der Waals surface area contributed by atoms with E-state index in [-0.39, 0.29) is 24.0 Å². The molecule has 0 aliphatic heterocycles. The fourth-order valence-corrected chi connectivity index (χ4v) is 2.81. The summed E-state index contributed by atoms with van der Waals surface area (Å²) in [6.07, 6.45) is 1.80. The van der Waals surface area contributed by atoms with E-state index >= 15 is 0 Å². The van der Waals surface area contributed by atoms with Gasteiger partial charge in [-0.1, -0.05) is 19.9 Å². The normalized spacial score (nSPS) is 11.3. The smallest absolute Gasteiger partial charge is 0.192 e. The molecule has 2 N–H and O–H groups in total. The average Bonchev–Trinajstić information content (AvgIpc) is 3.16. The molecular formula is C16H26IN7S. The number of hydrogen-bond acceptors (Lipinski definition) is 5. The second-order valence-corrected chi connectivity index (χ2v) is 6.67. The van der Waals surface area contributed by atoms with Crippen LogP contribution in [-0.2, 0) is 20.1 Å². The van der Waals surface area contributed by atoms with E-state index in [2.05, 4.69) is 56.6 Å². The van der Waals surface area contributed by atoms with Crippen molar-refractivity contribution >= 4 is 41.3 Å². The lowest BCUT2D eigenvalue weighted by molar-refractivity contribution is 0.756. The number of guanidine groups is 1. The van der Waals surface area contributed by atoms with Gasteiger partial charge in [0.25, 0.3) is 0 Å². The van der Waals surface area contributed by atoms with Gasteiger partial charge in [0.1, 0.15) is 17.4 Å². The van der Waals surface area contributed by atoms with E-state index in [9.17, 15) is 0 Å². The number of aryl methyl sites for hydroxylation is 1. The molecule has 25 heavy (non-hydrogen) atoms. The molecule has 0 bridgehead atoms. The molecule has 0 unspecified atom stereocenters. The summed E-state index contributed by atoms with van der Waals surface area (Å²) < 4.78 is 1.93. The molecule has 0 fully saturated rings. The Hall–Kier alpha value is -1.49. The topological polar surface area (TPSA) is 80.0 Å². The highest BCUT2D eigenvalue weighted by atomic mass is 127. The molecule has 0 saturated heterocycles. The van der Waals surface area contributed by atoms with Crippen LogP contribution < -0.4 is 10.6 Å². The van der Waals surface area contributed by atoms with Crippen LogP contribution in [0.2, 0.25) is 0 Å². The zero-order valence-electron chi connectivity index (χ0n) is 15.1. The molecule has 0 aliphatic carbocycles. The maximum atomic E-state index is 4.62. The average molecular weight is 475 g/mol. The van der Waals surface area contributed by atoms with Crippen molar-refractivity contribution in [2.45, 2.75) is 39.8 Å². The molecule has 0 aromatic carbocycles. The molecule has 9 heteroatoms. The van der Waals surface area contributed by atoms with Crippen LogP contribution in [0.15, 0.2) is 23.0 Å². The predicted molar refractivity (Wildman–Crippen MR) is 114 cm³/mol. The minimum absolute atomic E-state index is 0. The first-order valence-electron chi connectivity index (χ1n) is 7.93. The van der Waals surface area contributed by atoms with Crippen LogP contribution in [0.5, 0.6) is 0 Å². The molecule has 0 atom stereocenters. The van der Waals surface area contributed by atoms with Crippen LogP contribution in [0.25, 0.3) is 0 Å². The van der Waals surface area contributed by atoms with E-state index < -0.39 is 0 Å². The van der Waals surface area contributed by atoms with Gasteiger partial charge in [0.05, 0.1) is 12.2 Å². The molecule has 2 aromatic heterocycles. The third kappa shape index (κ3) is 6.38. The zero-order valence-corrected chi connectivity index (χ0v) is 18.3. The summed E-state index contributed by atoms with van der Waals surface area (Å²) in [5, 5.41) is 17.8. The number of rotatable bonds is 7. The Bertz CT molecular complexity index is 705. The standard InChI is InChI=1S/C16H25N7S.HI/c1-6-7-17-16(18-8-14-22-21-12(4)23(14)5)19-9-15-20-13(10-24-15)11(2)3;/h6,10-11H,1,7-9H2,2-5H3,(H2,17,18,19);1H. The summed E-state index contributed by atoms with van der Waals surface area (Å²) in [4.78, 5) is 9.19. The molecular weight excluding hydrogens is 449 g/mol. The van der Waals surface area contributed by atoms with Gasteiger partial charge < -0.3 is 15.2 Å². The van der Waals surface area contributed by atoms with Gasteiger partial charge >= 0.3 is 0 Å². The Labute approximate surface area is 170 Å². The summed E-state index contributed by atoms with van der Waals surface area (Å²) in [6, 6.07) is 0. The fraction of sp³-hybridized carbons (Fsp3) is 0.500. The van der Waals surface area contributed by atoms with Gasteiger partial charge in [0.15, 0.2) is 11.8 Å². The first kappa shape index (κ1) is 21.6. The Morgan fingerprint density at radius 1 is 1.40 bits per heavy atom. The molecule has 138 valence electrons. The first-order chi connectivity index (χ1) is 11.5. The predicted octanol–water partition coefficient (Wildman–Crippen LogP) is 2.74. The molecule has 0 radical (unpaired) electrons. The van der Waals surface area contributed by atoms with Gasteiger partial charge in [0, 0.05) is 19.0 Å². The van der Waals surface area contributed by atoms with Gasteiger partial charge in [-0.2, -0.15) is 0 Å².